The van der Waals surface area contributed by atoms with Crippen molar-refractivity contribution >= 4 is 27.7 Å². The molecule has 0 radical (unpaired) electrons. The SMILES string of the molecule is CS(=O)(=O)c1cccc(CCC2([C@H]3C[C@@H]3C(=O)O)NC(=O)NC2=O)c1. The van der Waals surface area contributed by atoms with Gasteiger partial charge in [0.25, 0.3) is 5.91 Å². The lowest BCUT2D eigenvalue weighted by Crippen LogP contribution is -2.50. The molecule has 25 heavy (non-hydrogen) atoms. The van der Waals surface area contributed by atoms with Crippen LogP contribution in [0.2, 0.25) is 0 Å². The molecule has 1 aromatic carbocycles. The first kappa shape index (κ1) is 17.4. The number of carbonyl (C=O) groups excluding carboxylic acids is 2. The van der Waals surface area contributed by atoms with E-state index in [1.165, 1.54) is 12.1 Å². The highest BCUT2D eigenvalue weighted by molar-refractivity contribution is 7.90. The monoisotopic (exact) mass is 366 g/mol. The Hall–Kier alpha value is -2.42. The molecule has 1 unspecified atom stereocenters. The molecular weight excluding hydrogens is 348 g/mol. The highest BCUT2D eigenvalue weighted by Crippen LogP contribution is 2.49. The van der Waals surface area contributed by atoms with E-state index in [-0.39, 0.29) is 11.3 Å². The van der Waals surface area contributed by atoms with Gasteiger partial charge in [0, 0.05) is 12.2 Å². The minimum Gasteiger partial charge on any atom is -0.481 e. The maximum Gasteiger partial charge on any atom is 0.322 e. The fraction of sp³-hybridized carbons (Fsp3) is 0.438. The Morgan fingerprint density at radius 1 is 1.36 bits per heavy atom. The molecule has 3 atom stereocenters. The van der Waals surface area contributed by atoms with Crippen LogP contribution in [-0.4, -0.2) is 43.2 Å². The Kier molecular flexibility index (Phi) is 4.06. The number of carboxylic acids is 1. The summed E-state index contributed by atoms with van der Waals surface area (Å²) in [5.74, 6) is -2.64. The van der Waals surface area contributed by atoms with Gasteiger partial charge in [-0.25, -0.2) is 13.2 Å². The van der Waals surface area contributed by atoms with Gasteiger partial charge in [-0.3, -0.25) is 14.9 Å². The number of benzene rings is 1. The zero-order valence-electron chi connectivity index (χ0n) is 13.5. The normalized spacial score (nSPS) is 28.4. The van der Waals surface area contributed by atoms with Gasteiger partial charge in [-0.2, -0.15) is 0 Å². The summed E-state index contributed by atoms with van der Waals surface area (Å²) in [6.07, 6.45) is 1.97. The van der Waals surface area contributed by atoms with E-state index in [0.29, 0.717) is 18.4 Å². The molecule has 1 saturated heterocycles. The molecule has 8 nitrogen and oxygen atoms in total. The standard InChI is InChI=1S/C16H18N2O6S/c1-25(23,24)10-4-2-3-9(7-10)5-6-16(12-8-11(12)13(19)20)14(21)17-15(22)18-16/h2-4,7,11-12H,5-6,8H2,1H3,(H,19,20)(H2,17,18,21,22)/t11-,12-,16?/m0/s1. The number of rotatable bonds is 6. The Labute approximate surface area is 144 Å². The number of imide groups is 1. The number of hydrogen-bond donors (Lipinski definition) is 3. The number of amides is 3. The van der Waals surface area contributed by atoms with E-state index in [1.54, 1.807) is 12.1 Å². The zero-order chi connectivity index (χ0) is 18.4. The van der Waals surface area contributed by atoms with Crippen molar-refractivity contribution in [2.75, 3.05) is 6.26 Å². The van der Waals surface area contributed by atoms with Crippen LogP contribution in [0.4, 0.5) is 4.79 Å². The first-order valence-corrected chi connectivity index (χ1v) is 9.68. The third-order valence-electron chi connectivity index (χ3n) is 4.84. The third kappa shape index (κ3) is 3.23. The number of carboxylic acid groups (broad SMARTS) is 1. The topological polar surface area (TPSA) is 130 Å². The van der Waals surface area contributed by atoms with Crippen LogP contribution in [0.15, 0.2) is 29.2 Å². The van der Waals surface area contributed by atoms with E-state index in [2.05, 4.69) is 10.6 Å². The molecular formula is C16H18N2O6S. The molecule has 1 aromatic rings. The number of hydrogen-bond acceptors (Lipinski definition) is 5. The molecule has 1 saturated carbocycles. The van der Waals surface area contributed by atoms with Crippen molar-refractivity contribution < 1.29 is 27.9 Å². The van der Waals surface area contributed by atoms with Crippen molar-refractivity contribution in [3.05, 3.63) is 29.8 Å². The summed E-state index contributed by atoms with van der Waals surface area (Å²) in [5, 5.41) is 13.9. The van der Waals surface area contributed by atoms with Gasteiger partial charge < -0.3 is 10.4 Å². The predicted molar refractivity (Wildman–Crippen MR) is 86.5 cm³/mol. The molecule has 0 spiro atoms. The largest absolute Gasteiger partial charge is 0.481 e. The fourth-order valence-corrected chi connectivity index (χ4v) is 4.10. The lowest BCUT2D eigenvalue weighted by Gasteiger charge is -2.26. The Balaban J connectivity index is 1.82. The van der Waals surface area contributed by atoms with Crippen LogP contribution in [0.1, 0.15) is 18.4 Å². The molecule has 0 aromatic heterocycles. The summed E-state index contributed by atoms with van der Waals surface area (Å²) in [6, 6.07) is 5.73. The maximum absolute atomic E-state index is 12.3. The number of aryl methyl sites for hydroxylation is 1. The van der Waals surface area contributed by atoms with Gasteiger partial charge in [0.1, 0.15) is 5.54 Å². The van der Waals surface area contributed by atoms with Crippen molar-refractivity contribution in [2.45, 2.75) is 29.7 Å². The Bertz CT molecular complexity index is 865. The van der Waals surface area contributed by atoms with Gasteiger partial charge >= 0.3 is 12.0 Å². The van der Waals surface area contributed by atoms with Crippen molar-refractivity contribution in [3.8, 4) is 0 Å². The second kappa shape index (κ2) is 5.83. The lowest BCUT2D eigenvalue weighted by atomic mass is 9.85. The van der Waals surface area contributed by atoms with Gasteiger partial charge in [-0.1, -0.05) is 12.1 Å². The van der Waals surface area contributed by atoms with Gasteiger partial charge in [0.2, 0.25) is 0 Å². The molecule has 3 amide bonds. The molecule has 1 aliphatic heterocycles. The summed E-state index contributed by atoms with van der Waals surface area (Å²) < 4.78 is 23.3. The van der Waals surface area contributed by atoms with E-state index in [9.17, 15) is 22.8 Å². The van der Waals surface area contributed by atoms with Crippen LogP contribution >= 0.6 is 0 Å². The third-order valence-corrected chi connectivity index (χ3v) is 5.95. The fourth-order valence-electron chi connectivity index (χ4n) is 3.41. The minimum atomic E-state index is -3.35. The summed E-state index contributed by atoms with van der Waals surface area (Å²) in [7, 11) is -3.35. The van der Waals surface area contributed by atoms with E-state index >= 15 is 0 Å². The molecule has 0 bridgehead atoms. The molecule has 3 rings (SSSR count). The number of nitrogens with one attached hydrogen (secondary N) is 2. The van der Waals surface area contributed by atoms with Crippen LogP contribution in [0.25, 0.3) is 0 Å². The van der Waals surface area contributed by atoms with Crippen LogP contribution in [0.5, 0.6) is 0 Å². The zero-order valence-corrected chi connectivity index (χ0v) is 14.3. The van der Waals surface area contributed by atoms with E-state index in [0.717, 1.165) is 6.26 Å². The van der Waals surface area contributed by atoms with Crippen LogP contribution in [0.3, 0.4) is 0 Å². The van der Waals surface area contributed by atoms with Gasteiger partial charge in [-0.15, -0.1) is 0 Å². The van der Waals surface area contributed by atoms with Crippen LogP contribution in [-0.2, 0) is 25.8 Å². The van der Waals surface area contributed by atoms with Gasteiger partial charge in [0.05, 0.1) is 10.8 Å². The summed E-state index contributed by atoms with van der Waals surface area (Å²) in [4.78, 5) is 35.3. The second-order valence-electron chi connectivity index (χ2n) is 6.59. The maximum atomic E-state index is 12.3. The first-order chi connectivity index (χ1) is 11.6. The summed E-state index contributed by atoms with van der Waals surface area (Å²) in [6.45, 7) is 0. The van der Waals surface area contributed by atoms with Crippen LogP contribution < -0.4 is 10.6 Å². The molecule has 134 valence electrons. The lowest BCUT2D eigenvalue weighted by molar-refractivity contribution is -0.139. The molecule has 1 aliphatic carbocycles. The molecule has 1 heterocycles. The van der Waals surface area contributed by atoms with Crippen molar-refractivity contribution in [1.29, 1.82) is 0 Å². The van der Waals surface area contributed by atoms with Crippen LogP contribution in [0, 0.1) is 11.8 Å². The van der Waals surface area contributed by atoms with E-state index in [4.69, 9.17) is 5.11 Å². The molecule has 3 N–H and O–H groups in total. The van der Waals surface area contributed by atoms with E-state index in [1.807, 2.05) is 0 Å². The Morgan fingerprint density at radius 2 is 2.08 bits per heavy atom. The minimum absolute atomic E-state index is 0.175. The van der Waals surface area contributed by atoms with Crippen molar-refractivity contribution in [1.82, 2.24) is 10.6 Å². The van der Waals surface area contributed by atoms with Crippen molar-refractivity contribution in [3.63, 3.8) is 0 Å². The average molecular weight is 366 g/mol. The highest BCUT2D eigenvalue weighted by atomic mass is 32.2. The highest BCUT2D eigenvalue weighted by Gasteiger charge is 2.62. The second-order valence-corrected chi connectivity index (χ2v) is 8.60. The van der Waals surface area contributed by atoms with Crippen molar-refractivity contribution in [2.24, 2.45) is 11.8 Å². The Morgan fingerprint density at radius 3 is 2.60 bits per heavy atom. The summed E-state index contributed by atoms with van der Waals surface area (Å²) >= 11 is 0. The predicted octanol–water partition coefficient (Wildman–Crippen LogP) is 0.322. The summed E-state index contributed by atoms with van der Waals surface area (Å²) in [5.41, 5.74) is -0.565. The number of urea groups is 1. The van der Waals surface area contributed by atoms with Gasteiger partial charge in [0.15, 0.2) is 9.84 Å². The first-order valence-electron chi connectivity index (χ1n) is 7.79. The average Bonchev–Trinajstić information content (AvgIpc) is 3.27. The molecule has 9 heteroatoms. The van der Waals surface area contributed by atoms with E-state index < -0.39 is 45.1 Å². The molecule has 2 aliphatic rings. The molecule has 2 fully saturated rings. The number of aliphatic carboxylic acids is 1. The number of sulfone groups is 1. The quantitative estimate of drug-likeness (QED) is 0.622. The smallest absolute Gasteiger partial charge is 0.322 e. The number of carbonyl (C=O) groups is 3. The van der Waals surface area contributed by atoms with Gasteiger partial charge in [-0.05, 0) is 37.0 Å².